The molecule has 0 aliphatic heterocycles. The van der Waals surface area contributed by atoms with Crippen LogP contribution < -0.4 is 11.1 Å². The molecule has 0 saturated carbocycles. The van der Waals surface area contributed by atoms with Crippen LogP contribution in [-0.4, -0.2) is 41.9 Å². The maximum absolute atomic E-state index is 11.2. The Morgan fingerprint density at radius 3 is 2.62 bits per heavy atom. The fraction of sp³-hybridized carbons (Fsp3) is 0.500. The monoisotopic (exact) mass is 294 g/mol. The molecule has 0 atom stereocenters. The minimum absolute atomic E-state index is 0.0569. The maximum Gasteiger partial charge on any atom is 0.292 e. The van der Waals surface area contributed by atoms with Crippen molar-refractivity contribution in [2.75, 3.05) is 31.5 Å². The van der Waals surface area contributed by atoms with E-state index in [0.717, 1.165) is 26.1 Å². The Kier molecular flexibility index (Phi) is 6.61. The van der Waals surface area contributed by atoms with Crippen LogP contribution in [0.5, 0.6) is 0 Å². The van der Waals surface area contributed by atoms with Crippen molar-refractivity contribution >= 4 is 17.3 Å². The van der Waals surface area contributed by atoms with Crippen molar-refractivity contribution in [3.8, 4) is 0 Å². The predicted octanol–water partition coefficient (Wildman–Crippen LogP) is 1.84. The molecule has 0 spiro atoms. The summed E-state index contributed by atoms with van der Waals surface area (Å²) in [6.07, 6.45) is 1.06. The number of nitrogens with two attached hydrogens (primary N) is 1. The van der Waals surface area contributed by atoms with E-state index in [1.54, 1.807) is 0 Å². The van der Waals surface area contributed by atoms with Crippen molar-refractivity contribution in [2.45, 2.75) is 20.3 Å². The second kappa shape index (κ2) is 8.21. The topological polar surface area (TPSA) is 102 Å². The third-order valence-corrected chi connectivity index (χ3v) is 3.21. The predicted molar refractivity (Wildman–Crippen MR) is 82.5 cm³/mol. The van der Waals surface area contributed by atoms with Crippen LogP contribution in [0.2, 0.25) is 0 Å². The number of carbonyl (C=O) groups is 1. The van der Waals surface area contributed by atoms with Crippen molar-refractivity contribution in [2.24, 2.45) is 5.73 Å². The largest absolute Gasteiger partial charge is 0.378 e. The number of primary amides is 1. The summed E-state index contributed by atoms with van der Waals surface area (Å²) >= 11 is 0. The quantitative estimate of drug-likeness (QED) is 0.534. The molecule has 1 aromatic carbocycles. The second-order valence-corrected chi connectivity index (χ2v) is 4.71. The molecule has 1 aromatic rings. The molecule has 0 radical (unpaired) electrons. The van der Waals surface area contributed by atoms with Crippen molar-refractivity contribution in [3.63, 3.8) is 0 Å². The highest BCUT2D eigenvalue weighted by molar-refractivity contribution is 5.94. The molecule has 1 rings (SSSR count). The Morgan fingerprint density at radius 1 is 1.38 bits per heavy atom. The first-order chi connectivity index (χ1) is 9.99. The van der Waals surface area contributed by atoms with Gasteiger partial charge in [-0.15, -0.1) is 0 Å². The summed E-state index contributed by atoms with van der Waals surface area (Å²) in [7, 11) is 0. The summed E-state index contributed by atoms with van der Waals surface area (Å²) in [5.41, 5.74) is 5.72. The van der Waals surface area contributed by atoms with Gasteiger partial charge in [-0.3, -0.25) is 14.9 Å². The fourth-order valence-corrected chi connectivity index (χ4v) is 2.08. The Labute approximate surface area is 124 Å². The SMILES string of the molecule is CCCN(CC)CCNc1cc(C(N)=O)ccc1[N+](=O)[O-]. The summed E-state index contributed by atoms with van der Waals surface area (Å²) in [6.45, 7) is 7.45. The molecule has 0 aliphatic rings. The molecule has 116 valence electrons. The van der Waals surface area contributed by atoms with Crippen LogP contribution in [0.15, 0.2) is 18.2 Å². The first-order valence-electron chi connectivity index (χ1n) is 7.04. The number of benzene rings is 1. The standard InChI is InChI=1S/C14H22N4O3/c1-3-8-17(4-2)9-7-16-12-10-11(14(15)19)5-6-13(12)18(20)21/h5-6,10,16H,3-4,7-9H2,1-2H3,(H2,15,19). The van der Waals surface area contributed by atoms with Crippen molar-refractivity contribution < 1.29 is 9.72 Å². The molecular formula is C14H22N4O3. The molecule has 0 fully saturated rings. The molecule has 0 aliphatic carbocycles. The number of carbonyl (C=O) groups excluding carboxylic acids is 1. The van der Waals surface area contributed by atoms with Gasteiger partial charge in [0.25, 0.3) is 5.69 Å². The molecule has 0 heterocycles. The molecular weight excluding hydrogens is 272 g/mol. The third kappa shape index (κ3) is 5.03. The van der Waals surface area contributed by atoms with Crippen molar-refractivity contribution in [3.05, 3.63) is 33.9 Å². The lowest BCUT2D eigenvalue weighted by Gasteiger charge is -2.19. The van der Waals surface area contributed by atoms with E-state index in [4.69, 9.17) is 5.73 Å². The van der Waals surface area contributed by atoms with E-state index in [0.29, 0.717) is 12.2 Å². The molecule has 0 unspecified atom stereocenters. The number of rotatable bonds is 9. The van der Waals surface area contributed by atoms with Gasteiger partial charge >= 0.3 is 0 Å². The summed E-state index contributed by atoms with van der Waals surface area (Å²) < 4.78 is 0. The van der Waals surface area contributed by atoms with Crippen molar-refractivity contribution in [1.29, 1.82) is 0 Å². The molecule has 1 amide bonds. The molecule has 7 heteroatoms. The first kappa shape index (κ1) is 16.9. The van der Waals surface area contributed by atoms with Crippen LogP contribution >= 0.6 is 0 Å². The van der Waals surface area contributed by atoms with Crippen LogP contribution in [0.4, 0.5) is 11.4 Å². The number of hydrogen-bond acceptors (Lipinski definition) is 5. The van der Waals surface area contributed by atoms with E-state index in [9.17, 15) is 14.9 Å². The minimum Gasteiger partial charge on any atom is -0.378 e. The number of amides is 1. The number of nitro benzene ring substituents is 1. The van der Waals surface area contributed by atoms with Gasteiger partial charge in [0.05, 0.1) is 4.92 Å². The number of likely N-dealkylation sites (N-methyl/N-ethyl adjacent to an activating group) is 1. The fourth-order valence-electron chi connectivity index (χ4n) is 2.08. The van der Waals surface area contributed by atoms with Crippen LogP contribution in [0, 0.1) is 10.1 Å². The number of nitrogens with one attached hydrogen (secondary N) is 1. The third-order valence-electron chi connectivity index (χ3n) is 3.21. The van der Waals surface area contributed by atoms with Crippen LogP contribution in [0.1, 0.15) is 30.6 Å². The van der Waals surface area contributed by atoms with Gasteiger partial charge in [-0.25, -0.2) is 0 Å². The minimum atomic E-state index is -0.603. The van der Waals surface area contributed by atoms with Gasteiger partial charge in [-0.2, -0.15) is 0 Å². The summed E-state index contributed by atoms with van der Waals surface area (Å²) in [6, 6.07) is 4.09. The van der Waals surface area contributed by atoms with Gasteiger partial charge in [0.15, 0.2) is 0 Å². The molecule has 0 aromatic heterocycles. The van der Waals surface area contributed by atoms with E-state index in [1.165, 1.54) is 18.2 Å². The Hall–Kier alpha value is -2.15. The van der Waals surface area contributed by atoms with Crippen LogP contribution in [-0.2, 0) is 0 Å². The molecule has 0 saturated heterocycles. The lowest BCUT2D eigenvalue weighted by molar-refractivity contribution is -0.384. The van der Waals surface area contributed by atoms with E-state index < -0.39 is 10.8 Å². The molecule has 3 N–H and O–H groups in total. The first-order valence-corrected chi connectivity index (χ1v) is 7.04. The number of nitro groups is 1. The maximum atomic E-state index is 11.2. The highest BCUT2D eigenvalue weighted by Crippen LogP contribution is 2.25. The van der Waals surface area contributed by atoms with Gasteiger partial charge in [0.2, 0.25) is 5.91 Å². The number of hydrogen-bond donors (Lipinski definition) is 2. The second-order valence-electron chi connectivity index (χ2n) is 4.71. The van der Waals surface area contributed by atoms with Gasteiger partial charge < -0.3 is 16.0 Å². The van der Waals surface area contributed by atoms with E-state index in [2.05, 4.69) is 24.1 Å². The zero-order chi connectivity index (χ0) is 15.8. The molecule has 21 heavy (non-hydrogen) atoms. The normalized spacial score (nSPS) is 10.6. The van der Waals surface area contributed by atoms with E-state index in [1.807, 2.05) is 0 Å². The average molecular weight is 294 g/mol. The lowest BCUT2D eigenvalue weighted by Crippen LogP contribution is -2.29. The zero-order valence-electron chi connectivity index (χ0n) is 12.5. The van der Waals surface area contributed by atoms with Crippen LogP contribution in [0.25, 0.3) is 0 Å². The van der Waals surface area contributed by atoms with E-state index >= 15 is 0 Å². The van der Waals surface area contributed by atoms with Crippen molar-refractivity contribution in [1.82, 2.24) is 4.90 Å². The summed E-state index contributed by atoms with van der Waals surface area (Å²) in [5, 5.41) is 14.0. The van der Waals surface area contributed by atoms with Gasteiger partial charge in [-0.05, 0) is 31.6 Å². The van der Waals surface area contributed by atoms with Crippen LogP contribution in [0.3, 0.4) is 0 Å². The smallest absolute Gasteiger partial charge is 0.292 e. The Bertz CT molecular complexity index is 505. The highest BCUT2D eigenvalue weighted by Gasteiger charge is 2.15. The van der Waals surface area contributed by atoms with Gasteiger partial charge in [0, 0.05) is 24.7 Å². The number of anilines is 1. The molecule has 7 nitrogen and oxygen atoms in total. The lowest BCUT2D eigenvalue weighted by atomic mass is 10.1. The highest BCUT2D eigenvalue weighted by atomic mass is 16.6. The van der Waals surface area contributed by atoms with E-state index in [-0.39, 0.29) is 11.3 Å². The summed E-state index contributed by atoms with van der Waals surface area (Å²) in [4.78, 5) is 23.9. The zero-order valence-corrected chi connectivity index (χ0v) is 12.5. The Balaban J connectivity index is 2.78. The van der Waals surface area contributed by atoms with Gasteiger partial charge in [-0.1, -0.05) is 13.8 Å². The number of nitrogens with zero attached hydrogens (tertiary/aromatic N) is 2. The molecule has 0 bridgehead atoms. The summed E-state index contributed by atoms with van der Waals surface area (Å²) in [5.74, 6) is -0.603. The Morgan fingerprint density at radius 2 is 2.10 bits per heavy atom. The average Bonchev–Trinajstić information content (AvgIpc) is 2.45. The van der Waals surface area contributed by atoms with Gasteiger partial charge in [0.1, 0.15) is 5.69 Å².